The molecule has 1 saturated heterocycles. The molecule has 2 N–H and O–H groups in total. The van der Waals surface area contributed by atoms with E-state index in [4.69, 9.17) is 4.74 Å². The summed E-state index contributed by atoms with van der Waals surface area (Å²) in [5.74, 6) is -0.623. The van der Waals surface area contributed by atoms with Gasteiger partial charge in [0.1, 0.15) is 5.56 Å². The predicted molar refractivity (Wildman–Crippen MR) is 122 cm³/mol. The predicted octanol–water partition coefficient (Wildman–Crippen LogP) is 3.31. The molecule has 2 amide bonds. The molecule has 1 atom stereocenters. The average Bonchev–Trinajstić information content (AvgIpc) is 3.32. The molecule has 1 aliphatic rings. The van der Waals surface area contributed by atoms with E-state index in [1.54, 1.807) is 48.7 Å². The van der Waals surface area contributed by atoms with Crippen LogP contribution in [0.2, 0.25) is 0 Å². The Morgan fingerprint density at radius 1 is 1.03 bits per heavy atom. The maximum atomic E-state index is 12.9. The van der Waals surface area contributed by atoms with Crippen LogP contribution in [0, 0.1) is 6.92 Å². The van der Waals surface area contributed by atoms with E-state index < -0.39 is 11.5 Å². The first-order valence-electron chi connectivity index (χ1n) is 10.6. The lowest BCUT2D eigenvalue weighted by Crippen LogP contribution is -2.36. The Labute approximate surface area is 186 Å². The highest BCUT2D eigenvalue weighted by Gasteiger charge is 2.18. The number of ether oxygens (including phenoxy) is 1. The Morgan fingerprint density at radius 3 is 2.47 bits per heavy atom. The summed E-state index contributed by atoms with van der Waals surface area (Å²) in [6, 6.07) is 17.4. The third-order valence-corrected chi connectivity index (χ3v) is 5.42. The van der Waals surface area contributed by atoms with Crippen LogP contribution in [-0.2, 0) is 4.74 Å². The zero-order valence-electron chi connectivity index (χ0n) is 17.8. The number of hydrogen-bond acceptors (Lipinski definition) is 4. The van der Waals surface area contributed by atoms with Crippen molar-refractivity contribution in [3.63, 3.8) is 0 Å². The Hall–Kier alpha value is -3.71. The van der Waals surface area contributed by atoms with Crippen LogP contribution in [0.5, 0.6) is 0 Å². The van der Waals surface area contributed by atoms with Gasteiger partial charge in [0.05, 0.1) is 6.10 Å². The number of anilines is 1. The molecule has 7 nitrogen and oxygen atoms in total. The maximum Gasteiger partial charge on any atom is 0.267 e. The molecule has 2 heterocycles. The van der Waals surface area contributed by atoms with E-state index in [1.165, 1.54) is 10.6 Å². The van der Waals surface area contributed by atoms with Crippen LogP contribution in [0.4, 0.5) is 5.69 Å². The van der Waals surface area contributed by atoms with Gasteiger partial charge >= 0.3 is 0 Å². The fourth-order valence-corrected chi connectivity index (χ4v) is 3.59. The lowest BCUT2D eigenvalue weighted by molar-refractivity contribution is 0.0856. The number of carbonyl (C=O) groups is 2. The molecule has 1 aromatic heterocycles. The number of carbonyl (C=O) groups excluding carboxylic acids is 2. The van der Waals surface area contributed by atoms with Crippen molar-refractivity contribution in [2.75, 3.05) is 18.5 Å². The second kappa shape index (κ2) is 9.62. The van der Waals surface area contributed by atoms with Crippen molar-refractivity contribution < 1.29 is 14.3 Å². The van der Waals surface area contributed by atoms with E-state index in [1.807, 2.05) is 19.1 Å². The summed E-state index contributed by atoms with van der Waals surface area (Å²) in [7, 11) is 0. The van der Waals surface area contributed by atoms with E-state index in [9.17, 15) is 14.4 Å². The van der Waals surface area contributed by atoms with Gasteiger partial charge in [0.2, 0.25) is 0 Å². The zero-order chi connectivity index (χ0) is 22.5. The van der Waals surface area contributed by atoms with Crippen molar-refractivity contribution in [2.24, 2.45) is 0 Å². The lowest BCUT2D eigenvalue weighted by Gasteiger charge is -2.12. The monoisotopic (exact) mass is 431 g/mol. The molecule has 1 fully saturated rings. The van der Waals surface area contributed by atoms with E-state index in [-0.39, 0.29) is 17.6 Å². The molecule has 0 saturated carbocycles. The second-order valence-corrected chi connectivity index (χ2v) is 7.81. The summed E-state index contributed by atoms with van der Waals surface area (Å²) >= 11 is 0. The number of amides is 2. The summed E-state index contributed by atoms with van der Waals surface area (Å²) in [5, 5.41) is 5.63. The minimum atomic E-state index is -0.415. The topological polar surface area (TPSA) is 89.4 Å². The number of hydrogen-bond donors (Lipinski definition) is 2. The SMILES string of the molecule is Cc1ccc(C(=O)Nc2ccc(-n3cccc(C(=O)NC[C@@H]4CCCO4)c3=O)cc2)cc1. The second-order valence-electron chi connectivity index (χ2n) is 7.81. The molecule has 0 bridgehead atoms. The number of nitrogens with zero attached hydrogens (tertiary/aromatic N) is 1. The van der Waals surface area contributed by atoms with Crippen molar-refractivity contribution in [3.05, 3.63) is 93.9 Å². The largest absolute Gasteiger partial charge is 0.376 e. The first-order valence-corrected chi connectivity index (χ1v) is 10.6. The van der Waals surface area contributed by atoms with Crippen LogP contribution >= 0.6 is 0 Å². The normalized spacial score (nSPS) is 15.3. The van der Waals surface area contributed by atoms with Crippen molar-refractivity contribution in [3.8, 4) is 5.69 Å². The van der Waals surface area contributed by atoms with Crippen LogP contribution < -0.4 is 16.2 Å². The minimum absolute atomic E-state index is 0.00699. The van der Waals surface area contributed by atoms with Crippen LogP contribution in [-0.4, -0.2) is 35.6 Å². The van der Waals surface area contributed by atoms with Gasteiger partial charge in [0.15, 0.2) is 0 Å². The zero-order valence-corrected chi connectivity index (χ0v) is 17.8. The molecule has 0 spiro atoms. The molecule has 3 aromatic rings. The van der Waals surface area contributed by atoms with Crippen LogP contribution in [0.15, 0.2) is 71.7 Å². The summed E-state index contributed by atoms with van der Waals surface area (Å²) in [5.41, 5.74) is 2.52. The van der Waals surface area contributed by atoms with Crippen molar-refractivity contribution in [1.82, 2.24) is 9.88 Å². The van der Waals surface area contributed by atoms with Gasteiger partial charge < -0.3 is 15.4 Å². The Morgan fingerprint density at radius 2 is 1.78 bits per heavy atom. The summed E-state index contributed by atoms with van der Waals surface area (Å²) in [4.78, 5) is 37.8. The number of nitrogens with one attached hydrogen (secondary N) is 2. The van der Waals surface area contributed by atoms with Gasteiger partial charge in [-0.15, -0.1) is 0 Å². The quantitative estimate of drug-likeness (QED) is 0.627. The Balaban J connectivity index is 1.46. The molecule has 7 heteroatoms. The minimum Gasteiger partial charge on any atom is -0.376 e. The Kier molecular flexibility index (Phi) is 6.47. The summed E-state index contributed by atoms with van der Waals surface area (Å²) < 4.78 is 6.92. The molecule has 0 aliphatic carbocycles. The fraction of sp³-hybridized carbons (Fsp3) is 0.240. The molecular weight excluding hydrogens is 406 g/mol. The first kappa shape index (κ1) is 21.5. The molecule has 32 heavy (non-hydrogen) atoms. The number of aromatic nitrogens is 1. The third-order valence-electron chi connectivity index (χ3n) is 5.42. The van der Waals surface area contributed by atoms with Gasteiger partial charge in [-0.1, -0.05) is 17.7 Å². The highest BCUT2D eigenvalue weighted by atomic mass is 16.5. The maximum absolute atomic E-state index is 12.9. The van der Waals surface area contributed by atoms with Gasteiger partial charge in [0.25, 0.3) is 17.4 Å². The number of aryl methyl sites for hydroxylation is 1. The number of rotatable bonds is 6. The molecule has 1 aliphatic heterocycles. The van der Waals surface area contributed by atoms with Gasteiger partial charge in [-0.2, -0.15) is 0 Å². The van der Waals surface area contributed by atoms with Gasteiger partial charge in [-0.05, 0) is 68.3 Å². The molecule has 0 radical (unpaired) electrons. The van der Waals surface area contributed by atoms with Crippen molar-refractivity contribution in [1.29, 1.82) is 0 Å². The van der Waals surface area contributed by atoms with E-state index in [2.05, 4.69) is 10.6 Å². The van der Waals surface area contributed by atoms with Crippen molar-refractivity contribution in [2.45, 2.75) is 25.9 Å². The van der Waals surface area contributed by atoms with E-state index >= 15 is 0 Å². The molecule has 4 rings (SSSR count). The first-order chi connectivity index (χ1) is 15.5. The molecule has 2 aromatic carbocycles. The highest BCUT2D eigenvalue weighted by Crippen LogP contribution is 2.15. The summed E-state index contributed by atoms with van der Waals surface area (Å²) in [6.07, 6.45) is 3.51. The van der Waals surface area contributed by atoms with Crippen LogP contribution in [0.25, 0.3) is 5.69 Å². The van der Waals surface area contributed by atoms with Gasteiger partial charge in [-0.25, -0.2) is 0 Å². The third kappa shape index (κ3) is 4.95. The average molecular weight is 431 g/mol. The molecule has 164 valence electrons. The van der Waals surface area contributed by atoms with Crippen LogP contribution in [0.3, 0.4) is 0 Å². The number of pyridine rings is 1. The summed E-state index contributed by atoms with van der Waals surface area (Å²) in [6.45, 7) is 3.06. The number of benzene rings is 2. The standard InChI is InChI=1S/C25H25N3O4/c1-17-6-8-18(9-7-17)23(29)27-19-10-12-20(13-11-19)28-14-2-5-22(25(28)31)24(30)26-16-21-4-3-15-32-21/h2,5-14,21H,3-4,15-16H2,1H3,(H,26,30)(H,27,29)/t21-/m0/s1. The fourth-order valence-electron chi connectivity index (χ4n) is 3.59. The van der Waals surface area contributed by atoms with Gasteiger partial charge in [0, 0.05) is 36.3 Å². The van der Waals surface area contributed by atoms with Crippen LogP contribution in [0.1, 0.15) is 39.1 Å². The van der Waals surface area contributed by atoms with Gasteiger partial charge in [-0.3, -0.25) is 19.0 Å². The Bertz CT molecular complexity index is 1160. The highest BCUT2D eigenvalue weighted by molar-refractivity contribution is 6.04. The lowest BCUT2D eigenvalue weighted by atomic mass is 10.1. The molecule has 0 unspecified atom stereocenters. The van der Waals surface area contributed by atoms with E-state index in [0.29, 0.717) is 30.1 Å². The molecular formula is C25H25N3O4. The van der Waals surface area contributed by atoms with Crippen molar-refractivity contribution >= 4 is 17.5 Å². The smallest absolute Gasteiger partial charge is 0.267 e. The van der Waals surface area contributed by atoms with E-state index in [0.717, 1.165) is 18.4 Å².